The van der Waals surface area contributed by atoms with Gasteiger partial charge in [-0.15, -0.1) is 0 Å². The molecule has 84 valence electrons. The summed E-state index contributed by atoms with van der Waals surface area (Å²) in [6.45, 7) is 2.21. The van der Waals surface area contributed by atoms with Crippen molar-refractivity contribution in [1.82, 2.24) is 4.57 Å². The highest BCUT2D eigenvalue weighted by Crippen LogP contribution is 2.10. The molecule has 0 saturated carbocycles. The Balaban J connectivity index is 2.88. The monoisotopic (exact) mass is 213 g/mol. The van der Waals surface area contributed by atoms with E-state index in [1.807, 2.05) is 6.92 Å². The van der Waals surface area contributed by atoms with E-state index in [1.54, 1.807) is 16.8 Å². The van der Waals surface area contributed by atoms with Crippen molar-refractivity contribution in [3.8, 4) is 0 Å². The maximum Gasteiger partial charge on any atom is 0.352 e. The molecule has 1 aromatic rings. The average molecular weight is 213 g/mol. The quantitative estimate of drug-likeness (QED) is 0.744. The number of carboxylic acid groups (broad SMARTS) is 1. The highest BCUT2D eigenvalue weighted by molar-refractivity contribution is 5.86. The molecule has 0 bridgehead atoms. The van der Waals surface area contributed by atoms with Gasteiger partial charge in [0.2, 0.25) is 0 Å². The smallest absolute Gasteiger partial charge is 0.352 e. The fourth-order valence-corrected chi connectivity index (χ4v) is 1.39. The molecule has 0 aliphatic carbocycles. The first-order valence-electron chi connectivity index (χ1n) is 4.54. The van der Waals surface area contributed by atoms with E-state index in [0.717, 1.165) is 5.56 Å². The molecule has 0 aromatic carbocycles. The first kappa shape index (κ1) is 11.7. The van der Waals surface area contributed by atoms with E-state index in [1.165, 1.54) is 14.2 Å². The van der Waals surface area contributed by atoms with Crippen LogP contribution in [0.2, 0.25) is 0 Å². The van der Waals surface area contributed by atoms with Crippen LogP contribution >= 0.6 is 0 Å². The van der Waals surface area contributed by atoms with Gasteiger partial charge in [0.25, 0.3) is 0 Å². The Labute approximate surface area is 88.2 Å². The molecule has 1 rings (SSSR count). The van der Waals surface area contributed by atoms with Gasteiger partial charge < -0.3 is 19.1 Å². The summed E-state index contributed by atoms with van der Waals surface area (Å²) in [6.07, 6.45) is 1.32. The third-order valence-electron chi connectivity index (χ3n) is 2.12. The van der Waals surface area contributed by atoms with Crippen LogP contribution in [0.1, 0.15) is 16.1 Å². The van der Waals surface area contributed by atoms with E-state index < -0.39 is 12.3 Å². The summed E-state index contributed by atoms with van der Waals surface area (Å²) in [4.78, 5) is 10.9. The van der Waals surface area contributed by atoms with Gasteiger partial charge in [-0.05, 0) is 18.6 Å². The molecule has 15 heavy (non-hydrogen) atoms. The normalized spacial score (nSPS) is 10.9. The third kappa shape index (κ3) is 2.81. The van der Waals surface area contributed by atoms with Crippen LogP contribution in [0.5, 0.6) is 0 Å². The van der Waals surface area contributed by atoms with Crippen molar-refractivity contribution in [2.75, 3.05) is 14.2 Å². The molecule has 0 spiro atoms. The molecule has 0 radical (unpaired) electrons. The van der Waals surface area contributed by atoms with E-state index in [2.05, 4.69) is 0 Å². The predicted octanol–water partition coefficient (Wildman–Crippen LogP) is 1.11. The minimum absolute atomic E-state index is 0.242. The Morgan fingerprint density at radius 2 is 2.13 bits per heavy atom. The van der Waals surface area contributed by atoms with Gasteiger partial charge in [0, 0.05) is 20.4 Å². The van der Waals surface area contributed by atoms with Crippen molar-refractivity contribution in [2.45, 2.75) is 19.8 Å². The molecule has 0 fully saturated rings. The number of carboxylic acids is 1. The first-order valence-corrected chi connectivity index (χ1v) is 4.54. The zero-order chi connectivity index (χ0) is 11.4. The maximum absolute atomic E-state index is 10.9. The molecule has 5 heteroatoms. The largest absolute Gasteiger partial charge is 0.477 e. The van der Waals surface area contributed by atoms with Gasteiger partial charge in [-0.3, -0.25) is 0 Å². The van der Waals surface area contributed by atoms with Crippen molar-refractivity contribution in [3.05, 3.63) is 23.5 Å². The Morgan fingerprint density at radius 1 is 1.53 bits per heavy atom. The Morgan fingerprint density at radius 3 is 2.60 bits per heavy atom. The van der Waals surface area contributed by atoms with Crippen molar-refractivity contribution in [1.29, 1.82) is 0 Å². The number of aromatic carboxylic acids is 1. The van der Waals surface area contributed by atoms with E-state index in [9.17, 15) is 4.79 Å². The lowest BCUT2D eigenvalue weighted by Crippen LogP contribution is -2.22. The van der Waals surface area contributed by atoms with Gasteiger partial charge in [0.05, 0.1) is 6.54 Å². The number of ether oxygens (including phenoxy) is 2. The van der Waals surface area contributed by atoms with Crippen LogP contribution in [0.25, 0.3) is 0 Å². The van der Waals surface area contributed by atoms with Crippen LogP contribution in [-0.2, 0) is 16.0 Å². The SMILES string of the molecule is COC(Cn1cc(C)cc1C(=O)O)OC. The molecule has 0 amide bonds. The highest BCUT2D eigenvalue weighted by atomic mass is 16.7. The summed E-state index contributed by atoms with van der Waals surface area (Å²) in [5, 5.41) is 8.93. The maximum atomic E-state index is 10.9. The third-order valence-corrected chi connectivity index (χ3v) is 2.12. The lowest BCUT2D eigenvalue weighted by molar-refractivity contribution is -0.111. The molecular formula is C10H15NO4. The van der Waals surface area contributed by atoms with Gasteiger partial charge in [-0.25, -0.2) is 4.79 Å². The second-order valence-corrected chi connectivity index (χ2v) is 3.26. The van der Waals surface area contributed by atoms with Crippen molar-refractivity contribution in [2.24, 2.45) is 0 Å². The van der Waals surface area contributed by atoms with Crippen molar-refractivity contribution in [3.63, 3.8) is 0 Å². The molecule has 0 atom stereocenters. The molecule has 5 nitrogen and oxygen atoms in total. The van der Waals surface area contributed by atoms with Gasteiger partial charge in [-0.1, -0.05) is 0 Å². The Hall–Kier alpha value is -1.33. The van der Waals surface area contributed by atoms with E-state index in [0.29, 0.717) is 6.54 Å². The second-order valence-electron chi connectivity index (χ2n) is 3.26. The number of methoxy groups -OCH3 is 2. The highest BCUT2D eigenvalue weighted by Gasteiger charge is 2.14. The first-order chi connectivity index (χ1) is 7.08. The van der Waals surface area contributed by atoms with Gasteiger partial charge in [0.1, 0.15) is 5.69 Å². The number of nitrogens with zero attached hydrogens (tertiary/aromatic N) is 1. The van der Waals surface area contributed by atoms with E-state index in [4.69, 9.17) is 14.6 Å². The topological polar surface area (TPSA) is 60.7 Å². The minimum atomic E-state index is -0.950. The number of aromatic nitrogens is 1. The number of aryl methyl sites for hydroxylation is 1. The minimum Gasteiger partial charge on any atom is -0.477 e. The molecule has 0 aliphatic heterocycles. The van der Waals surface area contributed by atoms with Crippen LogP contribution < -0.4 is 0 Å². The summed E-state index contributed by atoms with van der Waals surface area (Å²) < 4.78 is 11.6. The van der Waals surface area contributed by atoms with Crippen LogP contribution in [0.4, 0.5) is 0 Å². The van der Waals surface area contributed by atoms with Crippen molar-refractivity contribution >= 4 is 5.97 Å². The predicted molar refractivity (Wildman–Crippen MR) is 53.9 cm³/mol. The summed E-state index contributed by atoms with van der Waals surface area (Å²) in [5.74, 6) is -0.950. The standard InChI is InChI=1S/C10H15NO4/c1-7-4-8(10(12)13)11(5-7)6-9(14-2)15-3/h4-5,9H,6H2,1-3H3,(H,12,13). The van der Waals surface area contributed by atoms with Crippen LogP contribution in [0.3, 0.4) is 0 Å². The molecule has 1 heterocycles. The second kappa shape index (κ2) is 4.95. The van der Waals surface area contributed by atoms with Crippen LogP contribution in [0.15, 0.2) is 12.3 Å². The fraction of sp³-hybridized carbons (Fsp3) is 0.500. The summed E-state index contributed by atoms with van der Waals surface area (Å²) in [6, 6.07) is 1.62. The zero-order valence-corrected chi connectivity index (χ0v) is 9.06. The van der Waals surface area contributed by atoms with Crippen LogP contribution in [0, 0.1) is 6.92 Å². The summed E-state index contributed by atoms with van der Waals surface area (Å²) >= 11 is 0. The lowest BCUT2D eigenvalue weighted by atomic mass is 10.3. The summed E-state index contributed by atoms with van der Waals surface area (Å²) in [7, 11) is 3.04. The summed E-state index contributed by atoms with van der Waals surface area (Å²) in [5.41, 5.74) is 1.14. The molecule has 0 aliphatic rings. The number of rotatable bonds is 5. The zero-order valence-electron chi connectivity index (χ0n) is 9.06. The Kier molecular flexibility index (Phi) is 3.88. The molecule has 1 aromatic heterocycles. The molecule has 1 N–H and O–H groups in total. The van der Waals surface area contributed by atoms with Crippen LogP contribution in [-0.4, -0.2) is 36.2 Å². The van der Waals surface area contributed by atoms with Crippen molar-refractivity contribution < 1.29 is 19.4 Å². The fourth-order valence-electron chi connectivity index (χ4n) is 1.39. The number of hydrogen-bond donors (Lipinski definition) is 1. The Bertz CT molecular complexity index is 341. The van der Waals surface area contributed by atoms with E-state index >= 15 is 0 Å². The number of hydrogen-bond acceptors (Lipinski definition) is 3. The average Bonchev–Trinajstić information content (AvgIpc) is 2.56. The van der Waals surface area contributed by atoms with Gasteiger partial charge in [0.15, 0.2) is 6.29 Å². The number of carbonyl (C=O) groups is 1. The van der Waals surface area contributed by atoms with E-state index in [-0.39, 0.29) is 5.69 Å². The van der Waals surface area contributed by atoms with Gasteiger partial charge in [-0.2, -0.15) is 0 Å². The molecule has 0 unspecified atom stereocenters. The lowest BCUT2D eigenvalue weighted by Gasteiger charge is -2.15. The molecule has 0 saturated heterocycles. The molecular weight excluding hydrogens is 198 g/mol. The van der Waals surface area contributed by atoms with Gasteiger partial charge >= 0.3 is 5.97 Å².